The van der Waals surface area contributed by atoms with Crippen molar-refractivity contribution in [3.63, 3.8) is 0 Å². The molecule has 2 unspecified atom stereocenters. The average molecular weight is 187 g/mol. The Hall–Kier alpha value is 0.310. The van der Waals surface area contributed by atoms with Crippen molar-refractivity contribution in [1.82, 2.24) is 5.32 Å². The molecule has 1 fully saturated rings. The molecule has 2 atom stereocenters. The van der Waals surface area contributed by atoms with Crippen LogP contribution in [0.4, 0.5) is 0 Å². The number of nitrogens with one attached hydrogen (secondary N) is 1. The number of thioether (sulfide) groups is 1. The van der Waals surface area contributed by atoms with Gasteiger partial charge in [0.25, 0.3) is 0 Å². The van der Waals surface area contributed by atoms with Crippen LogP contribution in [-0.2, 0) is 0 Å². The summed E-state index contributed by atoms with van der Waals surface area (Å²) in [5.41, 5.74) is 0. The first-order valence-electron chi connectivity index (χ1n) is 5.05. The van der Waals surface area contributed by atoms with Gasteiger partial charge in [0.15, 0.2) is 0 Å². The predicted octanol–water partition coefficient (Wildman–Crippen LogP) is 2.72. The summed E-state index contributed by atoms with van der Waals surface area (Å²) in [5.74, 6) is 3.01. The van der Waals surface area contributed by atoms with Gasteiger partial charge in [-0.25, -0.2) is 0 Å². The van der Waals surface area contributed by atoms with Crippen molar-refractivity contribution in [2.24, 2.45) is 11.8 Å². The van der Waals surface area contributed by atoms with Crippen LogP contribution in [0.2, 0.25) is 0 Å². The summed E-state index contributed by atoms with van der Waals surface area (Å²) in [7, 11) is 0. The third-order valence-electron chi connectivity index (χ3n) is 2.32. The van der Waals surface area contributed by atoms with Crippen LogP contribution in [0.25, 0.3) is 0 Å². The van der Waals surface area contributed by atoms with Gasteiger partial charge in [-0.05, 0) is 37.0 Å². The van der Waals surface area contributed by atoms with Crippen LogP contribution in [-0.4, -0.2) is 17.7 Å². The van der Waals surface area contributed by atoms with Crippen LogP contribution >= 0.6 is 11.8 Å². The molecule has 0 amide bonds. The summed E-state index contributed by atoms with van der Waals surface area (Å²) < 4.78 is 0. The van der Waals surface area contributed by atoms with Crippen molar-refractivity contribution in [1.29, 1.82) is 0 Å². The van der Waals surface area contributed by atoms with E-state index in [-0.39, 0.29) is 0 Å². The lowest BCUT2D eigenvalue weighted by molar-refractivity contribution is 0.388. The minimum absolute atomic E-state index is 0.723. The van der Waals surface area contributed by atoms with E-state index in [1.54, 1.807) is 0 Å². The van der Waals surface area contributed by atoms with Crippen molar-refractivity contribution in [3.05, 3.63) is 0 Å². The minimum Gasteiger partial charge on any atom is -0.305 e. The molecule has 1 rings (SSSR count). The van der Waals surface area contributed by atoms with Gasteiger partial charge in [0.05, 0.1) is 5.37 Å². The molecule has 1 aliphatic heterocycles. The monoisotopic (exact) mass is 187 g/mol. The maximum atomic E-state index is 3.59. The molecule has 2 heteroatoms. The Morgan fingerprint density at radius 2 is 2.17 bits per heavy atom. The van der Waals surface area contributed by atoms with Crippen LogP contribution in [0, 0.1) is 11.8 Å². The van der Waals surface area contributed by atoms with Crippen molar-refractivity contribution >= 4 is 11.8 Å². The highest BCUT2D eigenvalue weighted by Gasteiger charge is 2.20. The average Bonchev–Trinajstić information content (AvgIpc) is 2.05. The predicted molar refractivity (Wildman–Crippen MR) is 57.5 cm³/mol. The Balaban J connectivity index is 2.24. The second-order valence-electron chi connectivity index (χ2n) is 4.21. The molecule has 0 bridgehead atoms. The lowest BCUT2D eigenvalue weighted by Gasteiger charge is -2.29. The molecule has 0 spiro atoms. The molecule has 0 aromatic heterocycles. The van der Waals surface area contributed by atoms with E-state index in [1.165, 1.54) is 25.1 Å². The van der Waals surface area contributed by atoms with Gasteiger partial charge in [-0.15, -0.1) is 11.8 Å². The van der Waals surface area contributed by atoms with E-state index in [0.717, 1.165) is 17.2 Å². The molecule has 0 aliphatic carbocycles. The zero-order valence-electron chi connectivity index (χ0n) is 8.47. The summed E-state index contributed by atoms with van der Waals surface area (Å²) in [5, 5.41) is 4.31. The van der Waals surface area contributed by atoms with Crippen LogP contribution in [0.5, 0.6) is 0 Å². The van der Waals surface area contributed by atoms with Crippen LogP contribution < -0.4 is 5.32 Å². The first kappa shape index (κ1) is 10.4. The SMILES string of the molecule is CC(C)CC(C)C1NCCCS1. The number of rotatable bonds is 3. The normalized spacial score (nSPS) is 27.5. The fraction of sp³-hybridized carbons (Fsp3) is 1.00. The quantitative estimate of drug-likeness (QED) is 0.729. The van der Waals surface area contributed by atoms with Crippen molar-refractivity contribution in [2.75, 3.05) is 12.3 Å². The van der Waals surface area contributed by atoms with Gasteiger partial charge in [-0.1, -0.05) is 20.8 Å². The van der Waals surface area contributed by atoms with Gasteiger partial charge < -0.3 is 5.32 Å². The zero-order valence-corrected chi connectivity index (χ0v) is 9.29. The van der Waals surface area contributed by atoms with Crippen LogP contribution in [0.3, 0.4) is 0 Å². The molecule has 1 saturated heterocycles. The maximum absolute atomic E-state index is 3.59. The molecule has 1 aliphatic rings. The Morgan fingerprint density at radius 1 is 1.42 bits per heavy atom. The highest BCUT2D eigenvalue weighted by molar-refractivity contribution is 7.99. The molecule has 0 aromatic rings. The highest BCUT2D eigenvalue weighted by atomic mass is 32.2. The smallest absolute Gasteiger partial charge is 0.0558 e. The summed E-state index contributed by atoms with van der Waals surface area (Å²) >= 11 is 2.10. The third kappa shape index (κ3) is 3.36. The molecule has 12 heavy (non-hydrogen) atoms. The highest BCUT2D eigenvalue weighted by Crippen LogP contribution is 2.25. The second kappa shape index (κ2) is 5.13. The Bertz CT molecular complexity index is 119. The van der Waals surface area contributed by atoms with Gasteiger partial charge >= 0.3 is 0 Å². The molecule has 72 valence electrons. The van der Waals surface area contributed by atoms with Gasteiger partial charge in [0.1, 0.15) is 0 Å². The molecule has 1 N–H and O–H groups in total. The Labute approximate surface area is 80.7 Å². The second-order valence-corrected chi connectivity index (χ2v) is 5.46. The summed E-state index contributed by atoms with van der Waals surface area (Å²) in [6.07, 6.45) is 2.69. The van der Waals surface area contributed by atoms with E-state index in [4.69, 9.17) is 0 Å². The van der Waals surface area contributed by atoms with E-state index in [9.17, 15) is 0 Å². The van der Waals surface area contributed by atoms with Gasteiger partial charge in [0, 0.05) is 0 Å². The summed E-state index contributed by atoms with van der Waals surface area (Å²) in [6.45, 7) is 8.21. The molecular weight excluding hydrogens is 166 g/mol. The van der Waals surface area contributed by atoms with E-state index in [2.05, 4.69) is 37.8 Å². The van der Waals surface area contributed by atoms with Crippen molar-refractivity contribution < 1.29 is 0 Å². The fourth-order valence-electron chi connectivity index (χ4n) is 1.82. The van der Waals surface area contributed by atoms with Crippen LogP contribution in [0.15, 0.2) is 0 Å². The Morgan fingerprint density at radius 3 is 2.67 bits per heavy atom. The lowest BCUT2D eigenvalue weighted by Crippen LogP contribution is -2.37. The van der Waals surface area contributed by atoms with E-state index in [1.807, 2.05) is 0 Å². The fourth-order valence-corrected chi connectivity index (χ4v) is 3.06. The molecule has 1 nitrogen and oxygen atoms in total. The zero-order chi connectivity index (χ0) is 8.97. The van der Waals surface area contributed by atoms with E-state index in [0.29, 0.717) is 0 Å². The maximum Gasteiger partial charge on any atom is 0.0558 e. The van der Waals surface area contributed by atoms with Gasteiger partial charge in [0.2, 0.25) is 0 Å². The Kier molecular flexibility index (Phi) is 4.44. The molecule has 0 saturated carbocycles. The summed E-state index contributed by atoms with van der Waals surface area (Å²) in [4.78, 5) is 0. The van der Waals surface area contributed by atoms with E-state index < -0.39 is 0 Å². The largest absolute Gasteiger partial charge is 0.305 e. The number of hydrogen-bond acceptors (Lipinski definition) is 2. The minimum atomic E-state index is 0.723. The summed E-state index contributed by atoms with van der Waals surface area (Å²) in [6, 6.07) is 0. The molecule has 1 heterocycles. The lowest BCUT2D eigenvalue weighted by atomic mass is 9.98. The van der Waals surface area contributed by atoms with Crippen molar-refractivity contribution in [3.8, 4) is 0 Å². The molecule has 0 radical (unpaired) electrons. The number of hydrogen-bond donors (Lipinski definition) is 1. The van der Waals surface area contributed by atoms with Crippen LogP contribution in [0.1, 0.15) is 33.6 Å². The van der Waals surface area contributed by atoms with Crippen molar-refractivity contribution in [2.45, 2.75) is 39.0 Å². The van der Waals surface area contributed by atoms with Gasteiger partial charge in [-0.2, -0.15) is 0 Å². The first-order chi connectivity index (χ1) is 5.70. The van der Waals surface area contributed by atoms with E-state index >= 15 is 0 Å². The first-order valence-corrected chi connectivity index (χ1v) is 6.10. The molecule has 0 aromatic carbocycles. The molecular formula is C10H21NS. The standard InChI is InChI=1S/C10H21NS/c1-8(2)7-9(3)10-11-5-4-6-12-10/h8-11H,4-7H2,1-3H3. The van der Waals surface area contributed by atoms with Gasteiger partial charge in [-0.3, -0.25) is 0 Å². The third-order valence-corrected chi connectivity index (χ3v) is 3.84. The topological polar surface area (TPSA) is 12.0 Å².